The Bertz CT molecular complexity index is 1250. The van der Waals surface area contributed by atoms with Gasteiger partial charge in [-0.05, 0) is 101 Å². The maximum atomic E-state index is 9.84. The van der Waals surface area contributed by atoms with Gasteiger partial charge in [-0.25, -0.2) is 0 Å². The summed E-state index contributed by atoms with van der Waals surface area (Å²) in [5.41, 5.74) is 6.61. The molecule has 0 heterocycles. The lowest BCUT2D eigenvalue weighted by Crippen LogP contribution is -2.16. The number of benzene rings is 3. The highest BCUT2D eigenvalue weighted by atomic mass is 16.5. The van der Waals surface area contributed by atoms with Gasteiger partial charge in [-0.2, -0.15) is 0 Å². The van der Waals surface area contributed by atoms with E-state index in [4.69, 9.17) is 9.47 Å². The zero-order chi connectivity index (χ0) is 26.0. The second-order valence-electron chi connectivity index (χ2n) is 11.7. The Morgan fingerprint density at radius 1 is 1.00 bits per heavy atom. The van der Waals surface area contributed by atoms with Crippen LogP contribution in [0.4, 0.5) is 0 Å². The molecule has 2 aliphatic carbocycles. The van der Waals surface area contributed by atoms with E-state index < -0.39 is 0 Å². The number of hydrogen-bond acceptors (Lipinski definition) is 3. The fraction of sp³-hybridized carbons (Fsp3) is 0.412. The van der Waals surface area contributed by atoms with Crippen LogP contribution in [-0.2, 0) is 6.61 Å². The smallest absolute Gasteiger partial charge is 0.120 e. The lowest BCUT2D eigenvalue weighted by atomic mass is 9.75. The van der Waals surface area contributed by atoms with Gasteiger partial charge in [0.05, 0.1) is 12.9 Å². The largest absolute Gasteiger partial charge is 0.513 e. The van der Waals surface area contributed by atoms with Gasteiger partial charge < -0.3 is 14.6 Å². The Balaban J connectivity index is 1.40. The van der Waals surface area contributed by atoms with Crippen molar-refractivity contribution in [2.24, 2.45) is 11.3 Å². The van der Waals surface area contributed by atoms with Gasteiger partial charge in [0.2, 0.25) is 0 Å². The van der Waals surface area contributed by atoms with Crippen molar-refractivity contribution in [2.75, 3.05) is 7.11 Å². The lowest BCUT2D eigenvalue weighted by Gasteiger charge is -2.30. The zero-order valence-electron chi connectivity index (χ0n) is 22.5. The first-order valence-corrected chi connectivity index (χ1v) is 13.7. The van der Waals surface area contributed by atoms with Crippen LogP contribution in [0.15, 0.2) is 79.1 Å². The molecule has 0 aromatic heterocycles. The van der Waals surface area contributed by atoms with E-state index in [1.54, 1.807) is 7.11 Å². The molecule has 3 aromatic carbocycles. The van der Waals surface area contributed by atoms with Crippen molar-refractivity contribution in [3.8, 4) is 22.6 Å². The molecule has 2 atom stereocenters. The van der Waals surface area contributed by atoms with Crippen LogP contribution in [0.2, 0.25) is 0 Å². The van der Waals surface area contributed by atoms with Crippen molar-refractivity contribution in [3.63, 3.8) is 0 Å². The SMILES string of the molecule is C=C(O)CC(c1cccc(OCc2ccc(-c3cccc(OC)c3)c(C3CCCC3(C)C)c2)c1)C1CC1. The average Bonchev–Trinajstić information content (AvgIpc) is 3.68. The maximum Gasteiger partial charge on any atom is 0.120 e. The van der Waals surface area contributed by atoms with E-state index in [9.17, 15) is 5.11 Å². The molecule has 0 amide bonds. The highest BCUT2D eigenvalue weighted by Crippen LogP contribution is 2.51. The molecule has 2 unspecified atom stereocenters. The van der Waals surface area contributed by atoms with Crippen molar-refractivity contribution in [1.82, 2.24) is 0 Å². The summed E-state index contributed by atoms with van der Waals surface area (Å²) in [6, 6.07) is 23.6. The summed E-state index contributed by atoms with van der Waals surface area (Å²) in [6.07, 6.45) is 6.82. The van der Waals surface area contributed by atoms with Crippen LogP contribution in [-0.4, -0.2) is 12.2 Å². The molecule has 1 N–H and O–H groups in total. The minimum Gasteiger partial charge on any atom is -0.513 e. The van der Waals surface area contributed by atoms with Crippen molar-refractivity contribution < 1.29 is 14.6 Å². The van der Waals surface area contributed by atoms with Crippen LogP contribution in [0.25, 0.3) is 11.1 Å². The van der Waals surface area contributed by atoms with Gasteiger partial charge in [0.25, 0.3) is 0 Å². The highest BCUT2D eigenvalue weighted by Gasteiger charge is 2.37. The minimum absolute atomic E-state index is 0.265. The van der Waals surface area contributed by atoms with Crippen LogP contribution in [0.5, 0.6) is 11.5 Å². The van der Waals surface area contributed by atoms with Gasteiger partial charge in [-0.3, -0.25) is 0 Å². The van der Waals surface area contributed by atoms with Gasteiger partial charge in [0.15, 0.2) is 0 Å². The number of aliphatic hydroxyl groups excluding tert-OH is 1. The number of allylic oxidation sites excluding steroid dienone is 1. The topological polar surface area (TPSA) is 38.7 Å². The number of aliphatic hydroxyl groups is 1. The van der Waals surface area contributed by atoms with Gasteiger partial charge in [0.1, 0.15) is 18.1 Å². The van der Waals surface area contributed by atoms with Crippen LogP contribution in [0, 0.1) is 11.3 Å². The Kier molecular flexibility index (Phi) is 7.33. The molecule has 0 spiro atoms. The average molecular weight is 497 g/mol. The predicted octanol–water partition coefficient (Wildman–Crippen LogP) is 9.19. The molecule has 2 saturated carbocycles. The summed E-state index contributed by atoms with van der Waals surface area (Å²) in [7, 11) is 1.72. The summed E-state index contributed by atoms with van der Waals surface area (Å²) < 4.78 is 11.9. The molecule has 2 aliphatic rings. The molecule has 3 aromatic rings. The van der Waals surface area contributed by atoms with E-state index in [0.717, 1.165) is 11.5 Å². The van der Waals surface area contributed by atoms with E-state index in [-0.39, 0.29) is 11.2 Å². The van der Waals surface area contributed by atoms with Gasteiger partial charge in [-0.1, -0.05) is 69.3 Å². The first kappa shape index (κ1) is 25.4. The van der Waals surface area contributed by atoms with E-state index in [1.165, 1.54) is 59.9 Å². The third-order valence-corrected chi connectivity index (χ3v) is 8.47. The predicted molar refractivity (Wildman–Crippen MR) is 151 cm³/mol. The summed E-state index contributed by atoms with van der Waals surface area (Å²) >= 11 is 0. The summed E-state index contributed by atoms with van der Waals surface area (Å²) in [6.45, 7) is 9.08. The number of rotatable bonds is 10. The van der Waals surface area contributed by atoms with Crippen molar-refractivity contribution in [1.29, 1.82) is 0 Å². The second kappa shape index (κ2) is 10.7. The van der Waals surface area contributed by atoms with E-state index in [0.29, 0.717) is 30.8 Å². The number of hydrogen-bond donors (Lipinski definition) is 1. The van der Waals surface area contributed by atoms with Crippen LogP contribution >= 0.6 is 0 Å². The second-order valence-corrected chi connectivity index (χ2v) is 11.7. The standard InChI is InChI=1S/C34H40O3/c1-23(35)18-31(25-14-15-25)27-9-6-11-29(21-27)37-22-24-13-16-30(26-8-5-10-28(20-26)36-4)32(19-24)33-12-7-17-34(33,2)3/h5-6,8-11,13,16,19-21,25,31,33,35H,1,7,12,14-15,17-18,22H2,2-4H3. The van der Waals surface area contributed by atoms with Gasteiger partial charge in [-0.15, -0.1) is 0 Å². The quantitative estimate of drug-likeness (QED) is 0.284. The molecular formula is C34H40O3. The van der Waals surface area contributed by atoms with Crippen LogP contribution < -0.4 is 9.47 Å². The Labute approximate surface area is 222 Å². The fourth-order valence-corrected chi connectivity index (χ4v) is 6.26. The molecule has 5 rings (SSSR count). The molecule has 194 valence electrons. The molecule has 0 aliphatic heterocycles. The Morgan fingerprint density at radius 2 is 1.78 bits per heavy atom. The normalized spacial score (nSPS) is 19.4. The number of ether oxygens (including phenoxy) is 2. The monoisotopic (exact) mass is 496 g/mol. The Hall–Kier alpha value is -3.20. The molecule has 37 heavy (non-hydrogen) atoms. The molecular weight excluding hydrogens is 456 g/mol. The van der Waals surface area contributed by atoms with Crippen molar-refractivity contribution >= 4 is 0 Å². The Morgan fingerprint density at radius 3 is 2.49 bits per heavy atom. The first-order chi connectivity index (χ1) is 17.8. The summed E-state index contributed by atoms with van der Waals surface area (Å²) in [5.74, 6) is 3.51. The van der Waals surface area contributed by atoms with Crippen molar-refractivity contribution in [3.05, 3.63) is 95.8 Å². The lowest BCUT2D eigenvalue weighted by molar-refractivity contribution is 0.304. The molecule has 0 bridgehead atoms. The minimum atomic E-state index is 0.265. The van der Waals surface area contributed by atoms with E-state index >= 15 is 0 Å². The molecule has 3 nitrogen and oxygen atoms in total. The summed E-state index contributed by atoms with van der Waals surface area (Å²) in [5, 5.41) is 9.84. The molecule has 3 heteroatoms. The van der Waals surface area contributed by atoms with Gasteiger partial charge >= 0.3 is 0 Å². The maximum absolute atomic E-state index is 9.84. The van der Waals surface area contributed by atoms with Crippen molar-refractivity contribution in [2.45, 2.75) is 70.8 Å². The first-order valence-electron chi connectivity index (χ1n) is 13.7. The van der Waals surface area contributed by atoms with Crippen LogP contribution in [0.3, 0.4) is 0 Å². The highest BCUT2D eigenvalue weighted by molar-refractivity contribution is 5.70. The zero-order valence-corrected chi connectivity index (χ0v) is 22.5. The fourth-order valence-electron chi connectivity index (χ4n) is 6.26. The molecule has 0 saturated heterocycles. The molecule has 0 radical (unpaired) electrons. The summed E-state index contributed by atoms with van der Waals surface area (Å²) in [4.78, 5) is 0. The number of methoxy groups -OCH3 is 1. The third kappa shape index (κ3) is 5.87. The van der Waals surface area contributed by atoms with E-state index in [2.05, 4.69) is 75.0 Å². The third-order valence-electron chi connectivity index (χ3n) is 8.47. The molecule has 2 fully saturated rings. The van der Waals surface area contributed by atoms with E-state index in [1.807, 2.05) is 12.1 Å². The van der Waals surface area contributed by atoms with Crippen LogP contribution in [0.1, 0.15) is 80.9 Å². The van der Waals surface area contributed by atoms with Gasteiger partial charge in [0, 0.05) is 6.42 Å².